The third kappa shape index (κ3) is 5.48. The number of nitrogens with zero attached hydrogens (tertiary/aromatic N) is 1. The van der Waals surface area contributed by atoms with Gasteiger partial charge in [-0.2, -0.15) is 4.31 Å². The molecular weight excluding hydrogens is 437 g/mol. The van der Waals surface area contributed by atoms with E-state index in [-0.39, 0.29) is 45.2 Å². The van der Waals surface area contributed by atoms with E-state index in [1.54, 1.807) is 19.9 Å². The Balaban J connectivity index is 2.37. The van der Waals surface area contributed by atoms with E-state index in [0.29, 0.717) is 5.69 Å². The third-order valence-electron chi connectivity index (χ3n) is 4.05. The lowest BCUT2D eigenvalue weighted by molar-refractivity contribution is -0.114. The summed E-state index contributed by atoms with van der Waals surface area (Å²) in [4.78, 5) is 23.8. The number of carbonyl (C=O) groups excluding carboxylic acids is 2. The minimum Gasteiger partial charge on any atom is -0.326 e. The molecule has 0 unspecified atom stereocenters. The molecule has 0 bridgehead atoms. The van der Waals surface area contributed by atoms with E-state index in [2.05, 4.69) is 10.6 Å². The summed E-state index contributed by atoms with van der Waals surface area (Å²) in [5.74, 6) is -0.840. The van der Waals surface area contributed by atoms with Gasteiger partial charge in [0, 0.05) is 31.3 Å². The topological polar surface area (TPSA) is 95.6 Å². The molecule has 0 aliphatic heterocycles. The van der Waals surface area contributed by atoms with Gasteiger partial charge in [-0.25, -0.2) is 8.42 Å². The monoisotopic (exact) mass is 457 g/mol. The van der Waals surface area contributed by atoms with Crippen LogP contribution in [0.15, 0.2) is 41.3 Å². The van der Waals surface area contributed by atoms with Crippen LogP contribution in [0.5, 0.6) is 0 Å². The highest BCUT2D eigenvalue weighted by atomic mass is 35.5. The van der Waals surface area contributed by atoms with Crippen LogP contribution in [0.1, 0.15) is 31.1 Å². The van der Waals surface area contributed by atoms with Crippen molar-refractivity contribution in [2.45, 2.75) is 25.7 Å². The highest BCUT2D eigenvalue weighted by Gasteiger charge is 2.25. The van der Waals surface area contributed by atoms with Gasteiger partial charge in [-0.05, 0) is 36.4 Å². The Morgan fingerprint density at radius 1 is 0.966 bits per heavy atom. The Bertz CT molecular complexity index is 1040. The Morgan fingerprint density at radius 2 is 1.59 bits per heavy atom. The molecule has 7 nitrogen and oxygen atoms in total. The van der Waals surface area contributed by atoms with Crippen molar-refractivity contribution >= 4 is 56.4 Å². The summed E-state index contributed by atoms with van der Waals surface area (Å²) in [5, 5.41) is 5.51. The van der Waals surface area contributed by atoms with Gasteiger partial charge < -0.3 is 10.6 Å². The van der Waals surface area contributed by atoms with E-state index < -0.39 is 15.9 Å². The molecule has 0 atom stereocenters. The van der Waals surface area contributed by atoms with E-state index in [0.717, 1.165) is 0 Å². The van der Waals surface area contributed by atoms with Crippen LogP contribution in [0, 0.1) is 0 Å². The molecule has 2 N–H and O–H groups in total. The quantitative estimate of drug-likeness (QED) is 0.649. The summed E-state index contributed by atoms with van der Waals surface area (Å²) in [7, 11) is -3.84. The van der Waals surface area contributed by atoms with Crippen LogP contribution in [0.2, 0.25) is 10.0 Å². The summed E-state index contributed by atoms with van der Waals surface area (Å²) in [6.07, 6.45) is 0. The third-order valence-corrected chi connectivity index (χ3v) is 6.91. The molecule has 0 saturated heterocycles. The molecule has 0 aromatic heterocycles. The molecule has 0 spiro atoms. The van der Waals surface area contributed by atoms with Crippen molar-refractivity contribution in [3.8, 4) is 0 Å². The fourth-order valence-electron chi connectivity index (χ4n) is 2.64. The molecule has 2 rings (SSSR count). The molecule has 0 heterocycles. The predicted octanol–water partition coefficient (Wildman–Crippen LogP) is 4.23. The van der Waals surface area contributed by atoms with Crippen molar-refractivity contribution in [2.24, 2.45) is 0 Å². The molecule has 29 heavy (non-hydrogen) atoms. The summed E-state index contributed by atoms with van der Waals surface area (Å²) < 4.78 is 26.9. The summed E-state index contributed by atoms with van der Waals surface area (Å²) >= 11 is 12.2. The number of anilines is 2. The molecule has 0 aliphatic carbocycles. The smallest absolute Gasteiger partial charge is 0.255 e. The van der Waals surface area contributed by atoms with Crippen molar-refractivity contribution in [1.29, 1.82) is 0 Å². The predicted molar refractivity (Wildman–Crippen MR) is 115 cm³/mol. The number of hydrogen-bond donors (Lipinski definition) is 2. The molecule has 2 amide bonds. The average molecular weight is 458 g/mol. The summed E-state index contributed by atoms with van der Waals surface area (Å²) in [6, 6.07) is 8.64. The van der Waals surface area contributed by atoms with Crippen LogP contribution in [0.4, 0.5) is 11.4 Å². The zero-order valence-electron chi connectivity index (χ0n) is 16.1. The number of sulfonamides is 1. The number of carbonyl (C=O) groups is 2. The number of rotatable bonds is 7. The Hall–Kier alpha value is -2.13. The van der Waals surface area contributed by atoms with Gasteiger partial charge in [0.1, 0.15) is 4.90 Å². The highest BCUT2D eigenvalue weighted by Crippen LogP contribution is 2.28. The van der Waals surface area contributed by atoms with Gasteiger partial charge in [-0.15, -0.1) is 0 Å². The van der Waals surface area contributed by atoms with Gasteiger partial charge in [0.15, 0.2) is 0 Å². The van der Waals surface area contributed by atoms with Crippen LogP contribution in [0.25, 0.3) is 0 Å². The van der Waals surface area contributed by atoms with Gasteiger partial charge in [-0.3, -0.25) is 9.59 Å². The van der Waals surface area contributed by atoms with Crippen molar-refractivity contribution in [1.82, 2.24) is 4.31 Å². The first-order chi connectivity index (χ1) is 13.6. The zero-order valence-corrected chi connectivity index (χ0v) is 18.5. The second-order valence-corrected chi connectivity index (χ2v) is 8.79. The van der Waals surface area contributed by atoms with Crippen molar-refractivity contribution in [2.75, 3.05) is 23.7 Å². The molecule has 0 fully saturated rings. The van der Waals surface area contributed by atoms with E-state index in [9.17, 15) is 18.0 Å². The van der Waals surface area contributed by atoms with E-state index in [4.69, 9.17) is 23.2 Å². The van der Waals surface area contributed by atoms with Gasteiger partial charge >= 0.3 is 0 Å². The minimum atomic E-state index is -3.84. The van der Waals surface area contributed by atoms with Gasteiger partial charge in [0.05, 0.1) is 15.7 Å². The molecule has 10 heteroatoms. The SMILES string of the molecule is CCN(CC)S(=O)(=O)c1cc(C(=O)Nc2cc(NC(C)=O)ccc2Cl)ccc1Cl. The van der Waals surface area contributed by atoms with E-state index in [1.807, 2.05) is 0 Å². The van der Waals surface area contributed by atoms with Crippen molar-refractivity contribution in [3.05, 3.63) is 52.0 Å². The van der Waals surface area contributed by atoms with Gasteiger partial charge in [0.2, 0.25) is 15.9 Å². The molecule has 0 aliphatic rings. The Labute approximate surface area is 180 Å². The number of nitrogens with one attached hydrogen (secondary N) is 2. The molecule has 2 aromatic carbocycles. The summed E-state index contributed by atoms with van der Waals surface area (Å²) in [6.45, 7) is 5.35. The number of benzene rings is 2. The van der Waals surface area contributed by atoms with Crippen molar-refractivity contribution < 1.29 is 18.0 Å². The molecule has 0 radical (unpaired) electrons. The Kier molecular flexibility index (Phi) is 7.65. The van der Waals surface area contributed by atoms with Crippen LogP contribution in [-0.4, -0.2) is 37.6 Å². The maximum atomic E-state index is 12.8. The highest BCUT2D eigenvalue weighted by molar-refractivity contribution is 7.89. The van der Waals surface area contributed by atoms with E-state index in [1.165, 1.54) is 41.6 Å². The van der Waals surface area contributed by atoms with Gasteiger partial charge in [-0.1, -0.05) is 37.0 Å². The van der Waals surface area contributed by atoms with Crippen molar-refractivity contribution in [3.63, 3.8) is 0 Å². The lowest BCUT2D eigenvalue weighted by atomic mass is 10.2. The van der Waals surface area contributed by atoms with Crippen LogP contribution >= 0.6 is 23.2 Å². The fourth-order valence-corrected chi connectivity index (χ4v) is 4.76. The molecule has 156 valence electrons. The molecular formula is C19H21Cl2N3O4S. The first-order valence-corrected chi connectivity index (χ1v) is 11.0. The molecule has 0 saturated carbocycles. The lowest BCUT2D eigenvalue weighted by Crippen LogP contribution is -2.31. The maximum absolute atomic E-state index is 12.8. The second-order valence-electron chi connectivity index (χ2n) is 6.06. The zero-order chi connectivity index (χ0) is 21.8. The standard InChI is InChI=1S/C19H21Cl2N3O4S/c1-4-24(5-2)29(27,28)18-10-13(6-8-16(18)21)19(26)23-17-11-14(22-12(3)25)7-9-15(17)20/h6-11H,4-5H2,1-3H3,(H,22,25)(H,23,26). The van der Waals surface area contributed by atoms with Crippen LogP contribution in [0.3, 0.4) is 0 Å². The second kappa shape index (κ2) is 9.58. The largest absolute Gasteiger partial charge is 0.326 e. The fraction of sp³-hybridized carbons (Fsp3) is 0.263. The lowest BCUT2D eigenvalue weighted by Gasteiger charge is -2.19. The average Bonchev–Trinajstić information content (AvgIpc) is 2.65. The van der Waals surface area contributed by atoms with Crippen LogP contribution < -0.4 is 10.6 Å². The number of hydrogen-bond acceptors (Lipinski definition) is 4. The maximum Gasteiger partial charge on any atom is 0.255 e. The van der Waals surface area contributed by atoms with Gasteiger partial charge in [0.25, 0.3) is 5.91 Å². The number of amides is 2. The number of halogens is 2. The molecule has 2 aromatic rings. The Morgan fingerprint density at radius 3 is 2.17 bits per heavy atom. The van der Waals surface area contributed by atoms with E-state index >= 15 is 0 Å². The van der Waals surface area contributed by atoms with Crippen LogP contribution in [-0.2, 0) is 14.8 Å². The normalized spacial score (nSPS) is 11.4. The first kappa shape index (κ1) is 23.2. The minimum absolute atomic E-state index is 0.0270. The summed E-state index contributed by atoms with van der Waals surface area (Å²) in [5.41, 5.74) is 0.824. The first-order valence-electron chi connectivity index (χ1n) is 8.78.